The van der Waals surface area contributed by atoms with E-state index in [-0.39, 0.29) is 0 Å². The van der Waals surface area contributed by atoms with Gasteiger partial charge in [-0.3, -0.25) is 5.10 Å². The topological polar surface area (TPSA) is 40.7 Å². The monoisotopic (exact) mass is 137 g/mol. The second-order valence-corrected chi connectivity index (χ2v) is 2.72. The third kappa shape index (κ3) is 0.926. The molecule has 0 aromatic carbocycles. The van der Waals surface area contributed by atoms with Crippen LogP contribution in [-0.2, 0) is 0 Å². The molecule has 0 bridgehead atoms. The lowest BCUT2D eigenvalue weighted by molar-refractivity contribution is 0.764. The largest absolute Gasteiger partial charge is 0.316 e. The van der Waals surface area contributed by atoms with Gasteiger partial charge in [0.2, 0.25) is 0 Å². The normalized spacial score (nSPS) is 25.4. The molecular weight excluding hydrogens is 126 g/mol. The van der Waals surface area contributed by atoms with Crippen molar-refractivity contribution in [3.63, 3.8) is 0 Å². The first-order chi connectivity index (χ1) is 4.97. The number of hydrogen-bond acceptors (Lipinski definition) is 2. The molecule has 0 spiro atoms. The van der Waals surface area contributed by atoms with Crippen LogP contribution >= 0.6 is 0 Å². The van der Waals surface area contributed by atoms with Gasteiger partial charge in [0, 0.05) is 18.7 Å². The van der Waals surface area contributed by atoms with E-state index in [1.165, 1.54) is 12.0 Å². The van der Waals surface area contributed by atoms with Crippen molar-refractivity contribution in [2.24, 2.45) is 0 Å². The molecule has 2 rings (SSSR count). The number of aromatic nitrogens is 2. The number of aromatic amines is 1. The van der Waals surface area contributed by atoms with Crippen LogP contribution in [0.25, 0.3) is 0 Å². The average molecular weight is 137 g/mol. The number of nitrogens with zero attached hydrogens (tertiary/aromatic N) is 1. The van der Waals surface area contributed by atoms with Crippen LogP contribution in [0.2, 0.25) is 0 Å². The van der Waals surface area contributed by atoms with Crippen molar-refractivity contribution in [1.82, 2.24) is 15.5 Å². The molecule has 1 aromatic rings. The van der Waals surface area contributed by atoms with E-state index in [9.17, 15) is 0 Å². The van der Waals surface area contributed by atoms with E-state index in [0.29, 0.717) is 5.92 Å². The maximum Gasteiger partial charge on any atom is 0.0522 e. The van der Waals surface area contributed by atoms with Crippen LogP contribution in [0.5, 0.6) is 0 Å². The van der Waals surface area contributed by atoms with Gasteiger partial charge in [-0.2, -0.15) is 5.10 Å². The minimum absolute atomic E-state index is 0.693. The molecule has 54 valence electrons. The summed E-state index contributed by atoms with van der Waals surface area (Å²) in [5, 5.41) is 10.1. The SMILES string of the molecule is c1n[nH]cc1[C@@H]1CCNC1. The lowest BCUT2D eigenvalue weighted by atomic mass is 10.0. The molecule has 0 amide bonds. The molecular formula is C7H11N3. The van der Waals surface area contributed by atoms with Crippen LogP contribution in [0.1, 0.15) is 17.9 Å². The Balaban J connectivity index is 2.12. The first-order valence-electron chi connectivity index (χ1n) is 3.66. The minimum Gasteiger partial charge on any atom is -0.316 e. The van der Waals surface area contributed by atoms with Gasteiger partial charge in [-0.25, -0.2) is 0 Å². The molecule has 2 N–H and O–H groups in total. The Kier molecular flexibility index (Phi) is 1.43. The van der Waals surface area contributed by atoms with Crippen molar-refractivity contribution in [2.75, 3.05) is 13.1 Å². The zero-order valence-corrected chi connectivity index (χ0v) is 5.80. The Morgan fingerprint density at radius 1 is 1.60 bits per heavy atom. The van der Waals surface area contributed by atoms with Gasteiger partial charge < -0.3 is 5.32 Å². The fourth-order valence-corrected chi connectivity index (χ4v) is 1.42. The van der Waals surface area contributed by atoms with Crippen molar-refractivity contribution in [3.05, 3.63) is 18.0 Å². The quantitative estimate of drug-likeness (QED) is 0.591. The van der Waals surface area contributed by atoms with Crippen molar-refractivity contribution in [1.29, 1.82) is 0 Å². The Hall–Kier alpha value is -0.830. The highest BCUT2D eigenvalue weighted by atomic mass is 15.1. The summed E-state index contributed by atoms with van der Waals surface area (Å²) in [6.45, 7) is 2.26. The molecule has 1 saturated heterocycles. The van der Waals surface area contributed by atoms with Crippen LogP contribution in [0.3, 0.4) is 0 Å². The molecule has 0 unspecified atom stereocenters. The third-order valence-corrected chi connectivity index (χ3v) is 2.05. The summed E-state index contributed by atoms with van der Waals surface area (Å²) in [5.41, 5.74) is 1.34. The fraction of sp³-hybridized carbons (Fsp3) is 0.571. The van der Waals surface area contributed by atoms with Crippen molar-refractivity contribution < 1.29 is 0 Å². The molecule has 0 saturated carbocycles. The number of H-pyrrole nitrogens is 1. The van der Waals surface area contributed by atoms with E-state index < -0.39 is 0 Å². The van der Waals surface area contributed by atoms with Gasteiger partial charge in [0.05, 0.1) is 6.20 Å². The van der Waals surface area contributed by atoms with Gasteiger partial charge in [-0.15, -0.1) is 0 Å². The van der Waals surface area contributed by atoms with Crippen LogP contribution < -0.4 is 5.32 Å². The molecule has 1 aliphatic heterocycles. The van der Waals surface area contributed by atoms with E-state index in [0.717, 1.165) is 13.1 Å². The van der Waals surface area contributed by atoms with Gasteiger partial charge in [-0.05, 0) is 18.5 Å². The summed E-state index contributed by atoms with van der Waals surface area (Å²) in [4.78, 5) is 0. The number of rotatable bonds is 1. The Labute approximate surface area is 59.8 Å². The molecule has 3 heteroatoms. The first-order valence-corrected chi connectivity index (χ1v) is 3.66. The maximum atomic E-state index is 3.91. The maximum absolute atomic E-state index is 3.91. The summed E-state index contributed by atoms with van der Waals surface area (Å²) in [7, 11) is 0. The van der Waals surface area contributed by atoms with E-state index in [4.69, 9.17) is 0 Å². The van der Waals surface area contributed by atoms with Crippen LogP contribution in [0, 0.1) is 0 Å². The van der Waals surface area contributed by atoms with Gasteiger partial charge in [0.15, 0.2) is 0 Å². The van der Waals surface area contributed by atoms with Crippen LogP contribution in [0.15, 0.2) is 12.4 Å². The zero-order chi connectivity index (χ0) is 6.81. The minimum atomic E-state index is 0.693. The van der Waals surface area contributed by atoms with E-state index >= 15 is 0 Å². The van der Waals surface area contributed by atoms with Crippen molar-refractivity contribution in [3.8, 4) is 0 Å². The third-order valence-electron chi connectivity index (χ3n) is 2.05. The Bertz CT molecular complexity index is 187. The van der Waals surface area contributed by atoms with Gasteiger partial charge in [0.1, 0.15) is 0 Å². The summed E-state index contributed by atoms with van der Waals surface area (Å²) >= 11 is 0. The molecule has 1 aliphatic rings. The van der Waals surface area contributed by atoms with Crippen LogP contribution in [-0.4, -0.2) is 23.3 Å². The smallest absolute Gasteiger partial charge is 0.0522 e. The van der Waals surface area contributed by atoms with E-state index in [2.05, 4.69) is 15.5 Å². The van der Waals surface area contributed by atoms with Gasteiger partial charge in [0.25, 0.3) is 0 Å². The highest BCUT2D eigenvalue weighted by molar-refractivity contribution is 5.12. The predicted octanol–water partition coefficient (Wildman–Crippen LogP) is 0.487. The molecule has 1 fully saturated rings. The molecule has 0 aliphatic carbocycles. The average Bonchev–Trinajstić information content (AvgIpc) is 2.59. The summed E-state index contributed by atoms with van der Waals surface area (Å²) in [6, 6.07) is 0. The molecule has 2 heterocycles. The van der Waals surface area contributed by atoms with Gasteiger partial charge in [-0.1, -0.05) is 0 Å². The lowest BCUT2D eigenvalue weighted by Gasteiger charge is -2.01. The molecule has 10 heavy (non-hydrogen) atoms. The zero-order valence-electron chi connectivity index (χ0n) is 5.80. The number of hydrogen-bond donors (Lipinski definition) is 2. The van der Waals surface area contributed by atoms with E-state index in [1.807, 2.05) is 12.4 Å². The van der Waals surface area contributed by atoms with Crippen molar-refractivity contribution in [2.45, 2.75) is 12.3 Å². The standard InChI is InChI=1S/C7H11N3/c1-2-8-3-6(1)7-4-9-10-5-7/h4-6,8H,1-3H2,(H,9,10)/t6-/m1/s1. The lowest BCUT2D eigenvalue weighted by Crippen LogP contribution is -2.07. The van der Waals surface area contributed by atoms with Crippen LogP contribution in [0.4, 0.5) is 0 Å². The Morgan fingerprint density at radius 2 is 2.60 bits per heavy atom. The highest BCUT2D eigenvalue weighted by Gasteiger charge is 2.16. The molecule has 1 atom stereocenters. The second kappa shape index (κ2) is 2.42. The summed E-state index contributed by atoms with van der Waals surface area (Å²) < 4.78 is 0. The first kappa shape index (κ1) is 5.92. The predicted molar refractivity (Wildman–Crippen MR) is 38.8 cm³/mol. The summed E-state index contributed by atoms with van der Waals surface area (Å²) in [5.74, 6) is 0.693. The summed E-state index contributed by atoms with van der Waals surface area (Å²) in [6.07, 6.45) is 5.15. The molecule has 1 aromatic heterocycles. The Morgan fingerprint density at radius 3 is 3.20 bits per heavy atom. The molecule has 3 nitrogen and oxygen atoms in total. The number of nitrogens with one attached hydrogen (secondary N) is 2. The highest BCUT2D eigenvalue weighted by Crippen LogP contribution is 2.19. The van der Waals surface area contributed by atoms with E-state index in [1.54, 1.807) is 0 Å². The van der Waals surface area contributed by atoms with Gasteiger partial charge >= 0.3 is 0 Å². The fourth-order valence-electron chi connectivity index (χ4n) is 1.42. The second-order valence-electron chi connectivity index (χ2n) is 2.72. The molecule has 0 radical (unpaired) electrons. The van der Waals surface area contributed by atoms with Crippen molar-refractivity contribution >= 4 is 0 Å².